The van der Waals surface area contributed by atoms with E-state index in [9.17, 15) is 14.4 Å². The number of nitrogens with one attached hydrogen (secondary N) is 1. The third kappa shape index (κ3) is 3.89. The average molecular weight is 433 g/mol. The van der Waals surface area contributed by atoms with Crippen LogP contribution in [-0.2, 0) is 17.9 Å². The Morgan fingerprint density at radius 1 is 1.23 bits per heavy atom. The van der Waals surface area contributed by atoms with Crippen molar-refractivity contribution in [3.8, 4) is 0 Å². The summed E-state index contributed by atoms with van der Waals surface area (Å²) in [5.74, 6) is 0.393. The molecule has 0 radical (unpaired) electrons. The number of rotatable bonds is 6. The van der Waals surface area contributed by atoms with Crippen molar-refractivity contribution in [2.45, 2.75) is 52.6 Å². The Hall–Kier alpha value is -2.95. The molecule has 1 aliphatic heterocycles. The predicted molar refractivity (Wildman–Crippen MR) is 114 cm³/mol. The second-order valence-corrected chi connectivity index (χ2v) is 8.37. The van der Waals surface area contributed by atoms with E-state index in [-0.39, 0.29) is 30.1 Å². The number of carbonyl (C=O) groups excluding carboxylic acids is 1. The molecule has 0 bridgehead atoms. The van der Waals surface area contributed by atoms with Gasteiger partial charge in [0.25, 0.3) is 5.56 Å². The van der Waals surface area contributed by atoms with Gasteiger partial charge in [-0.1, -0.05) is 23.4 Å². The molecule has 1 amide bonds. The van der Waals surface area contributed by atoms with Crippen LogP contribution in [0.2, 0.25) is 0 Å². The number of fused-ring (bicyclic) bond motifs is 1. The molecule has 1 aliphatic rings. The number of carbonyl (C=O) groups is 1. The first kappa shape index (κ1) is 20.3. The van der Waals surface area contributed by atoms with Gasteiger partial charge in [0.15, 0.2) is 16.6 Å². The molecule has 0 saturated carbocycles. The van der Waals surface area contributed by atoms with Crippen LogP contribution in [0, 0.1) is 6.92 Å². The van der Waals surface area contributed by atoms with Crippen LogP contribution >= 0.6 is 11.3 Å². The first-order valence-corrected chi connectivity index (χ1v) is 10.9. The Morgan fingerprint density at radius 3 is 2.67 bits per heavy atom. The van der Waals surface area contributed by atoms with Gasteiger partial charge in [0.1, 0.15) is 17.0 Å². The number of piperidine rings is 1. The molecule has 4 heterocycles. The molecule has 0 aliphatic carbocycles. The molecule has 1 fully saturated rings. The summed E-state index contributed by atoms with van der Waals surface area (Å²) >= 11 is 1.29. The second kappa shape index (κ2) is 8.42. The first-order valence-electron chi connectivity index (χ1n) is 10.1. The monoisotopic (exact) mass is 432 g/mol. The Balaban J connectivity index is 1.75. The van der Waals surface area contributed by atoms with E-state index in [0.717, 1.165) is 31.1 Å². The lowest BCUT2D eigenvalue weighted by molar-refractivity contribution is -0.116. The van der Waals surface area contributed by atoms with Gasteiger partial charge in [0, 0.05) is 25.7 Å². The predicted octanol–water partition coefficient (Wildman–Crippen LogP) is 1.96. The fourth-order valence-electron chi connectivity index (χ4n) is 3.60. The van der Waals surface area contributed by atoms with Gasteiger partial charge in [-0.2, -0.15) is 0 Å². The highest BCUT2D eigenvalue weighted by atomic mass is 32.1. The van der Waals surface area contributed by atoms with Crippen LogP contribution in [0.15, 0.2) is 20.2 Å². The number of aromatic nitrogens is 4. The molecule has 3 aromatic heterocycles. The summed E-state index contributed by atoms with van der Waals surface area (Å²) in [4.78, 5) is 45.3. The highest BCUT2D eigenvalue weighted by Crippen LogP contribution is 2.28. The summed E-state index contributed by atoms with van der Waals surface area (Å²) in [7, 11) is 0. The van der Waals surface area contributed by atoms with Crippen LogP contribution in [-0.4, -0.2) is 38.3 Å². The van der Waals surface area contributed by atoms with Gasteiger partial charge in [-0.15, -0.1) is 0 Å². The number of hydrogen-bond donors (Lipinski definition) is 1. The van der Waals surface area contributed by atoms with Gasteiger partial charge < -0.3 is 14.7 Å². The van der Waals surface area contributed by atoms with Gasteiger partial charge >= 0.3 is 5.69 Å². The van der Waals surface area contributed by atoms with Gasteiger partial charge in [0.05, 0.1) is 0 Å². The lowest BCUT2D eigenvalue weighted by atomic mass is 10.1. The molecule has 11 heteroatoms. The molecular weight excluding hydrogens is 408 g/mol. The maximum atomic E-state index is 13.0. The van der Waals surface area contributed by atoms with E-state index in [2.05, 4.69) is 20.4 Å². The number of amides is 1. The number of hydrogen-bond acceptors (Lipinski definition) is 8. The van der Waals surface area contributed by atoms with Crippen molar-refractivity contribution in [2.75, 3.05) is 23.3 Å². The average Bonchev–Trinajstić information content (AvgIpc) is 3.36. The molecule has 0 aromatic carbocycles. The number of anilines is 2. The SMILES string of the molecule is CCCn1c(=O)c2sc(N3CCCCC3)nc2n(CC(=O)Nc2cc(C)on2)c1=O. The van der Waals surface area contributed by atoms with Crippen molar-refractivity contribution in [2.24, 2.45) is 0 Å². The minimum atomic E-state index is -0.531. The Kier molecular flexibility index (Phi) is 5.71. The summed E-state index contributed by atoms with van der Waals surface area (Å²) in [5, 5.41) is 7.07. The van der Waals surface area contributed by atoms with E-state index < -0.39 is 11.6 Å². The zero-order valence-electron chi connectivity index (χ0n) is 17.0. The van der Waals surface area contributed by atoms with Gasteiger partial charge in [0.2, 0.25) is 5.91 Å². The van der Waals surface area contributed by atoms with Crippen LogP contribution in [0.5, 0.6) is 0 Å². The lowest BCUT2D eigenvalue weighted by Gasteiger charge is -2.25. The molecule has 0 unspecified atom stereocenters. The molecule has 0 spiro atoms. The van der Waals surface area contributed by atoms with Crippen LogP contribution in [0.1, 0.15) is 38.4 Å². The normalized spacial score (nSPS) is 14.4. The second-order valence-electron chi connectivity index (χ2n) is 7.39. The lowest BCUT2D eigenvalue weighted by Crippen LogP contribution is -2.41. The molecule has 10 nitrogen and oxygen atoms in total. The zero-order chi connectivity index (χ0) is 21.3. The number of thiazole rings is 1. The van der Waals surface area contributed by atoms with E-state index in [4.69, 9.17) is 4.52 Å². The maximum absolute atomic E-state index is 13.0. The van der Waals surface area contributed by atoms with E-state index >= 15 is 0 Å². The molecule has 1 N–H and O–H groups in total. The van der Waals surface area contributed by atoms with Crippen molar-refractivity contribution in [1.82, 2.24) is 19.3 Å². The first-order chi connectivity index (χ1) is 14.5. The summed E-state index contributed by atoms with van der Waals surface area (Å²) < 4.78 is 7.81. The van der Waals surface area contributed by atoms with Crippen molar-refractivity contribution >= 4 is 38.5 Å². The third-order valence-electron chi connectivity index (χ3n) is 5.03. The van der Waals surface area contributed by atoms with E-state index in [1.54, 1.807) is 13.0 Å². The fraction of sp³-hybridized carbons (Fsp3) is 0.526. The third-order valence-corrected chi connectivity index (χ3v) is 6.12. The Morgan fingerprint density at radius 2 is 2.00 bits per heavy atom. The molecule has 30 heavy (non-hydrogen) atoms. The van der Waals surface area contributed by atoms with Crippen molar-refractivity contribution in [3.05, 3.63) is 32.7 Å². The van der Waals surface area contributed by atoms with Crippen molar-refractivity contribution < 1.29 is 9.32 Å². The maximum Gasteiger partial charge on any atom is 0.333 e. The summed E-state index contributed by atoms with van der Waals surface area (Å²) in [6.45, 7) is 5.38. The highest BCUT2D eigenvalue weighted by molar-refractivity contribution is 7.22. The van der Waals surface area contributed by atoms with Crippen LogP contribution in [0.3, 0.4) is 0 Å². The van der Waals surface area contributed by atoms with Crippen LogP contribution < -0.4 is 21.5 Å². The van der Waals surface area contributed by atoms with E-state index in [0.29, 0.717) is 16.9 Å². The summed E-state index contributed by atoms with van der Waals surface area (Å²) in [6, 6.07) is 1.59. The molecule has 1 saturated heterocycles. The van der Waals surface area contributed by atoms with Gasteiger partial charge in [-0.05, 0) is 32.6 Å². The van der Waals surface area contributed by atoms with E-state index in [1.807, 2.05) is 6.92 Å². The zero-order valence-corrected chi connectivity index (χ0v) is 17.8. The fourth-order valence-corrected chi connectivity index (χ4v) is 4.68. The number of nitrogens with zero attached hydrogens (tertiary/aromatic N) is 5. The Bertz CT molecular complexity index is 1180. The quantitative estimate of drug-likeness (QED) is 0.633. The van der Waals surface area contributed by atoms with Gasteiger partial charge in [-0.25, -0.2) is 9.78 Å². The Labute approximate surface area is 176 Å². The van der Waals surface area contributed by atoms with Crippen LogP contribution in [0.4, 0.5) is 10.9 Å². The highest BCUT2D eigenvalue weighted by Gasteiger charge is 2.22. The van der Waals surface area contributed by atoms with E-state index in [1.165, 1.54) is 26.9 Å². The van der Waals surface area contributed by atoms with Crippen LogP contribution in [0.25, 0.3) is 10.3 Å². The van der Waals surface area contributed by atoms with Crippen molar-refractivity contribution in [1.29, 1.82) is 0 Å². The standard InChI is InChI=1S/C19H24N6O4S/c1-3-7-24-17(27)15-16(21-18(30-15)23-8-5-4-6-9-23)25(19(24)28)11-14(26)20-13-10-12(2)29-22-13/h10H,3-9,11H2,1-2H3,(H,20,22,26). The molecule has 4 rings (SSSR count). The number of aryl methyl sites for hydroxylation is 1. The summed E-state index contributed by atoms with van der Waals surface area (Å²) in [5.41, 5.74) is -0.618. The van der Waals surface area contributed by atoms with Crippen molar-refractivity contribution in [3.63, 3.8) is 0 Å². The molecule has 160 valence electrons. The topological polar surface area (TPSA) is 115 Å². The molecular formula is C19H24N6O4S. The van der Waals surface area contributed by atoms with Gasteiger partial charge in [-0.3, -0.25) is 18.7 Å². The molecule has 0 atom stereocenters. The largest absolute Gasteiger partial charge is 0.360 e. The minimum absolute atomic E-state index is 0.259. The summed E-state index contributed by atoms with van der Waals surface area (Å²) in [6.07, 6.45) is 3.95. The molecule has 3 aromatic rings. The minimum Gasteiger partial charge on any atom is -0.360 e. The smallest absolute Gasteiger partial charge is 0.333 e.